The third-order valence-electron chi connectivity index (χ3n) is 7.09. The average molecular weight is 488 g/mol. The highest BCUT2D eigenvalue weighted by Gasteiger charge is 2.21. The first-order valence-corrected chi connectivity index (χ1v) is 13.0. The second kappa shape index (κ2) is 12.2. The molecular weight excluding hydrogens is 450 g/mol. The molecule has 0 spiro atoms. The summed E-state index contributed by atoms with van der Waals surface area (Å²) < 4.78 is 6.08. The maximum absolute atomic E-state index is 10.7. The van der Waals surface area contributed by atoms with Crippen LogP contribution in [0.4, 0.5) is 5.95 Å². The molecule has 7 nitrogen and oxygen atoms in total. The number of anilines is 1. The first kappa shape index (κ1) is 25.2. The molecule has 4 rings (SSSR count). The van der Waals surface area contributed by atoms with Gasteiger partial charge in [-0.2, -0.15) is 0 Å². The van der Waals surface area contributed by atoms with Gasteiger partial charge in [-0.3, -0.25) is 5.32 Å². The number of halogens is 1. The Morgan fingerprint density at radius 1 is 1.18 bits per heavy atom. The van der Waals surface area contributed by atoms with Crippen molar-refractivity contribution in [1.82, 2.24) is 20.6 Å². The SMILES string of the molecule is Cc1cc(OCCCC2CCN(c3ncc(Cl)cn3)CC2)cc(C)c1C(O)NC[C@H]1CCCN1. The lowest BCUT2D eigenvalue weighted by atomic mass is 9.92. The number of hydrogen-bond donors (Lipinski definition) is 3. The summed E-state index contributed by atoms with van der Waals surface area (Å²) in [6, 6.07) is 4.55. The van der Waals surface area contributed by atoms with E-state index in [1.54, 1.807) is 12.4 Å². The predicted octanol–water partition coefficient (Wildman–Crippen LogP) is 4.15. The Morgan fingerprint density at radius 3 is 2.53 bits per heavy atom. The van der Waals surface area contributed by atoms with E-state index in [0.717, 1.165) is 73.8 Å². The fourth-order valence-corrected chi connectivity index (χ4v) is 5.29. The largest absolute Gasteiger partial charge is 0.494 e. The predicted molar refractivity (Wildman–Crippen MR) is 137 cm³/mol. The van der Waals surface area contributed by atoms with Crippen LogP contribution in [0.25, 0.3) is 0 Å². The Morgan fingerprint density at radius 2 is 1.88 bits per heavy atom. The van der Waals surface area contributed by atoms with Crippen molar-refractivity contribution < 1.29 is 9.84 Å². The second-order valence-electron chi connectivity index (χ2n) is 9.70. The second-order valence-corrected chi connectivity index (χ2v) is 10.1. The molecule has 8 heteroatoms. The average Bonchev–Trinajstić information content (AvgIpc) is 3.35. The van der Waals surface area contributed by atoms with Crippen LogP contribution < -0.4 is 20.3 Å². The van der Waals surface area contributed by atoms with Gasteiger partial charge in [0.2, 0.25) is 5.95 Å². The van der Waals surface area contributed by atoms with Gasteiger partial charge in [-0.25, -0.2) is 9.97 Å². The molecular formula is C26H38ClN5O2. The summed E-state index contributed by atoms with van der Waals surface area (Å²) in [4.78, 5) is 10.9. The summed E-state index contributed by atoms with van der Waals surface area (Å²) in [5.41, 5.74) is 3.08. The fraction of sp³-hybridized carbons (Fsp3) is 0.615. The molecule has 1 aromatic heterocycles. The normalized spacial score (nSPS) is 20.0. The highest BCUT2D eigenvalue weighted by atomic mass is 35.5. The number of piperidine rings is 1. The molecule has 34 heavy (non-hydrogen) atoms. The standard InChI is InChI=1S/C26H38ClN5O2/c1-18-13-23(14-19(2)24(18)25(33)29-17-22-6-3-9-28-22)34-12-4-5-20-7-10-32(11-8-20)26-30-15-21(27)16-31-26/h13-16,20,22,25,28-29,33H,3-12,17H2,1-2H3/t22-,25?/m1/s1. The monoisotopic (exact) mass is 487 g/mol. The molecule has 1 unspecified atom stereocenters. The number of nitrogens with one attached hydrogen (secondary N) is 2. The Kier molecular flexibility index (Phi) is 9.00. The number of rotatable bonds is 10. The molecule has 2 aromatic rings. The van der Waals surface area contributed by atoms with E-state index in [9.17, 15) is 5.11 Å². The zero-order chi connectivity index (χ0) is 23.9. The molecule has 0 aliphatic carbocycles. The zero-order valence-electron chi connectivity index (χ0n) is 20.4. The van der Waals surface area contributed by atoms with Gasteiger partial charge in [0.1, 0.15) is 12.0 Å². The van der Waals surface area contributed by atoms with Gasteiger partial charge in [-0.15, -0.1) is 0 Å². The molecule has 3 N–H and O–H groups in total. The van der Waals surface area contributed by atoms with Crippen LogP contribution in [-0.2, 0) is 0 Å². The quantitative estimate of drug-likeness (QED) is 0.343. The van der Waals surface area contributed by atoms with Crippen LogP contribution in [0, 0.1) is 19.8 Å². The van der Waals surface area contributed by atoms with Crippen molar-refractivity contribution in [2.45, 2.75) is 64.6 Å². The lowest BCUT2D eigenvalue weighted by Crippen LogP contribution is -2.36. The number of ether oxygens (including phenoxy) is 1. The van der Waals surface area contributed by atoms with E-state index in [-0.39, 0.29) is 0 Å². The van der Waals surface area contributed by atoms with Gasteiger partial charge in [-0.1, -0.05) is 11.6 Å². The molecule has 2 saturated heterocycles. The van der Waals surface area contributed by atoms with Gasteiger partial charge in [0, 0.05) is 31.2 Å². The smallest absolute Gasteiger partial charge is 0.225 e. The highest BCUT2D eigenvalue weighted by Crippen LogP contribution is 2.28. The van der Waals surface area contributed by atoms with E-state index >= 15 is 0 Å². The topological polar surface area (TPSA) is 82.5 Å². The number of nitrogens with zero attached hydrogens (tertiary/aromatic N) is 3. The number of aromatic nitrogens is 2. The molecule has 0 amide bonds. The van der Waals surface area contributed by atoms with Crippen molar-refractivity contribution >= 4 is 17.5 Å². The molecule has 2 fully saturated rings. The molecule has 1 aromatic carbocycles. The Hall–Kier alpha value is -1.93. The molecule has 0 bridgehead atoms. The summed E-state index contributed by atoms with van der Waals surface area (Å²) >= 11 is 5.89. The van der Waals surface area contributed by atoms with Crippen molar-refractivity contribution in [3.05, 3.63) is 46.2 Å². The van der Waals surface area contributed by atoms with E-state index in [2.05, 4.69) is 25.5 Å². The van der Waals surface area contributed by atoms with E-state index in [4.69, 9.17) is 16.3 Å². The maximum Gasteiger partial charge on any atom is 0.225 e. The maximum atomic E-state index is 10.7. The van der Waals surface area contributed by atoms with Crippen LogP contribution in [0.2, 0.25) is 5.02 Å². The molecule has 2 atom stereocenters. The Bertz CT molecular complexity index is 889. The lowest BCUT2D eigenvalue weighted by Gasteiger charge is -2.32. The van der Waals surface area contributed by atoms with Gasteiger partial charge in [0.05, 0.1) is 24.0 Å². The fourth-order valence-electron chi connectivity index (χ4n) is 5.19. The summed E-state index contributed by atoms with van der Waals surface area (Å²) in [6.07, 6.45) is 9.57. The highest BCUT2D eigenvalue weighted by molar-refractivity contribution is 6.30. The van der Waals surface area contributed by atoms with E-state index < -0.39 is 6.23 Å². The van der Waals surface area contributed by atoms with Crippen molar-refractivity contribution in [2.75, 3.05) is 37.7 Å². The summed E-state index contributed by atoms with van der Waals surface area (Å²) in [7, 11) is 0. The molecule has 0 saturated carbocycles. The Balaban J connectivity index is 1.18. The summed E-state index contributed by atoms with van der Waals surface area (Å²) in [5, 5.41) is 18.0. The molecule has 0 radical (unpaired) electrons. The van der Waals surface area contributed by atoms with Crippen molar-refractivity contribution in [2.24, 2.45) is 5.92 Å². The van der Waals surface area contributed by atoms with Crippen molar-refractivity contribution in [3.8, 4) is 5.75 Å². The summed E-state index contributed by atoms with van der Waals surface area (Å²) in [6.45, 7) is 8.64. The van der Waals surface area contributed by atoms with Crippen LogP contribution in [0.15, 0.2) is 24.5 Å². The summed E-state index contributed by atoms with van der Waals surface area (Å²) in [5.74, 6) is 2.38. The molecule has 2 aliphatic rings. The van der Waals surface area contributed by atoms with E-state index in [1.165, 1.54) is 19.3 Å². The number of aliphatic hydroxyl groups is 1. The van der Waals surface area contributed by atoms with E-state index in [1.807, 2.05) is 26.0 Å². The molecule has 186 valence electrons. The van der Waals surface area contributed by atoms with Crippen molar-refractivity contribution in [1.29, 1.82) is 0 Å². The van der Waals surface area contributed by atoms with Crippen LogP contribution in [0.1, 0.15) is 61.4 Å². The minimum Gasteiger partial charge on any atom is -0.494 e. The van der Waals surface area contributed by atoms with Crippen LogP contribution in [0.3, 0.4) is 0 Å². The first-order chi connectivity index (χ1) is 16.5. The van der Waals surface area contributed by atoms with Crippen LogP contribution >= 0.6 is 11.6 Å². The number of benzene rings is 1. The van der Waals surface area contributed by atoms with Gasteiger partial charge in [0.15, 0.2) is 0 Å². The van der Waals surface area contributed by atoms with E-state index in [0.29, 0.717) is 23.6 Å². The number of aliphatic hydroxyl groups excluding tert-OH is 1. The van der Waals surface area contributed by atoms with Gasteiger partial charge >= 0.3 is 0 Å². The number of aryl methyl sites for hydroxylation is 2. The minimum absolute atomic E-state index is 0.455. The van der Waals surface area contributed by atoms with Gasteiger partial charge in [0.25, 0.3) is 0 Å². The number of hydrogen-bond acceptors (Lipinski definition) is 7. The molecule has 3 heterocycles. The lowest BCUT2D eigenvalue weighted by molar-refractivity contribution is 0.134. The zero-order valence-corrected chi connectivity index (χ0v) is 21.2. The Labute approximate surface area is 208 Å². The van der Waals surface area contributed by atoms with Crippen LogP contribution in [0.5, 0.6) is 5.75 Å². The third-order valence-corrected chi connectivity index (χ3v) is 7.29. The van der Waals surface area contributed by atoms with Gasteiger partial charge < -0.3 is 20.1 Å². The minimum atomic E-state index is -0.652. The third kappa shape index (κ3) is 6.81. The van der Waals surface area contributed by atoms with Crippen LogP contribution in [-0.4, -0.2) is 53.9 Å². The van der Waals surface area contributed by atoms with Crippen molar-refractivity contribution in [3.63, 3.8) is 0 Å². The van der Waals surface area contributed by atoms with Gasteiger partial charge in [-0.05, 0) is 88.1 Å². The first-order valence-electron chi connectivity index (χ1n) is 12.6. The molecule has 2 aliphatic heterocycles.